The van der Waals surface area contributed by atoms with Crippen LogP contribution in [0.1, 0.15) is 39.5 Å². The van der Waals surface area contributed by atoms with Crippen molar-refractivity contribution < 1.29 is 4.79 Å². The van der Waals surface area contributed by atoms with Crippen LogP contribution in [0.25, 0.3) is 0 Å². The minimum absolute atomic E-state index is 0.387. The Labute approximate surface area is 115 Å². The fraction of sp³-hybridized carbons (Fsp3) is 0.562. The number of primary amides is 1. The summed E-state index contributed by atoms with van der Waals surface area (Å²) in [4.78, 5) is 13.6. The maximum absolute atomic E-state index is 11.2. The average Bonchev–Trinajstić information content (AvgIpc) is 2.62. The SMILES string of the molecule is C=C(/C=C\C(=C/C)C(N)=O)N1C2CCC1CC(C)C2. The van der Waals surface area contributed by atoms with Gasteiger partial charge in [0.15, 0.2) is 0 Å². The maximum Gasteiger partial charge on any atom is 0.248 e. The molecule has 2 fully saturated rings. The molecule has 2 aliphatic rings. The number of amides is 1. The summed E-state index contributed by atoms with van der Waals surface area (Å²) in [7, 11) is 0. The van der Waals surface area contributed by atoms with Gasteiger partial charge in [-0.3, -0.25) is 4.79 Å². The van der Waals surface area contributed by atoms with E-state index in [0.717, 1.165) is 11.6 Å². The number of allylic oxidation sites excluding steroid dienone is 2. The predicted molar refractivity (Wildman–Crippen MR) is 78.3 cm³/mol. The number of hydrogen-bond donors (Lipinski definition) is 1. The third-order valence-electron chi connectivity index (χ3n) is 4.35. The zero-order valence-corrected chi connectivity index (χ0v) is 11.9. The molecule has 2 rings (SSSR count). The third-order valence-corrected chi connectivity index (χ3v) is 4.35. The number of carbonyl (C=O) groups is 1. The molecule has 1 amide bonds. The summed E-state index contributed by atoms with van der Waals surface area (Å²) >= 11 is 0. The Morgan fingerprint density at radius 1 is 1.26 bits per heavy atom. The summed E-state index contributed by atoms with van der Waals surface area (Å²) in [6, 6.07) is 1.27. The molecule has 3 heteroatoms. The summed E-state index contributed by atoms with van der Waals surface area (Å²) in [5.74, 6) is 0.434. The predicted octanol–water partition coefficient (Wildman–Crippen LogP) is 2.75. The Bertz CT molecular complexity index is 422. The second-order valence-electron chi connectivity index (χ2n) is 5.80. The number of nitrogens with two attached hydrogens (primary N) is 1. The highest BCUT2D eigenvalue weighted by molar-refractivity contribution is 5.94. The Hall–Kier alpha value is -1.51. The highest BCUT2D eigenvalue weighted by Crippen LogP contribution is 2.40. The normalized spacial score (nSPS) is 30.9. The molecule has 2 heterocycles. The average molecular weight is 260 g/mol. The lowest BCUT2D eigenvalue weighted by Gasteiger charge is -2.40. The topological polar surface area (TPSA) is 46.3 Å². The molecule has 2 aliphatic heterocycles. The molecule has 104 valence electrons. The van der Waals surface area contributed by atoms with Crippen LogP contribution in [0, 0.1) is 5.92 Å². The largest absolute Gasteiger partial charge is 0.366 e. The number of rotatable bonds is 4. The molecule has 0 radical (unpaired) electrons. The maximum atomic E-state index is 11.2. The Morgan fingerprint density at radius 2 is 1.84 bits per heavy atom. The molecule has 0 aliphatic carbocycles. The second kappa shape index (κ2) is 5.64. The second-order valence-corrected chi connectivity index (χ2v) is 5.80. The summed E-state index contributed by atoms with van der Waals surface area (Å²) in [6.07, 6.45) is 10.5. The standard InChI is InChI=1S/C16H24N2O/c1-4-13(16(17)19)6-5-12(3)18-14-7-8-15(18)10-11(2)9-14/h4-6,11,14-15H,3,7-10H2,1-2H3,(H2,17,19)/b6-5-,13-4+. The first-order valence-corrected chi connectivity index (χ1v) is 7.14. The highest BCUT2D eigenvalue weighted by atomic mass is 16.1. The smallest absolute Gasteiger partial charge is 0.248 e. The quantitative estimate of drug-likeness (QED) is 0.624. The van der Waals surface area contributed by atoms with Crippen molar-refractivity contribution in [2.24, 2.45) is 11.7 Å². The molecule has 2 saturated heterocycles. The van der Waals surface area contributed by atoms with Crippen LogP contribution in [0.15, 0.2) is 36.1 Å². The third kappa shape index (κ3) is 2.91. The van der Waals surface area contributed by atoms with Gasteiger partial charge in [-0.2, -0.15) is 0 Å². The van der Waals surface area contributed by atoms with Gasteiger partial charge in [-0.15, -0.1) is 0 Å². The van der Waals surface area contributed by atoms with Crippen molar-refractivity contribution in [2.45, 2.75) is 51.6 Å². The van der Waals surface area contributed by atoms with Gasteiger partial charge in [0, 0.05) is 23.4 Å². The van der Waals surface area contributed by atoms with Crippen LogP contribution in [-0.2, 0) is 4.79 Å². The van der Waals surface area contributed by atoms with Gasteiger partial charge in [-0.1, -0.05) is 19.6 Å². The van der Waals surface area contributed by atoms with E-state index in [1.54, 1.807) is 12.2 Å². The molecule has 0 aromatic heterocycles. The van der Waals surface area contributed by atoms with E-state index in [9.17, 15) is 4.79 Å². The van der Waals surface area contributed by atoms with Gasteiger partial charge in [0.05, 0.1) is 0 Å². The van der Waals surface area contributed by atoms with E-state index in [1.807, 2.05) is 13.0 Å². The van der Waals surface area contributed by atoms with Crippen molar-refractivity contribution in [3.8, 4) is 0 Å². The van der Waals surface area contributed by atoms with E-state index in [-0.39, 0.29) is 5.91 Å². The van der Waals surface area contributed by atoms with Crippen molar-refractivity contribution >= 4 is 5.91 Å². The van der Waals surface area contributed by atoms with Crippen LogP contribution in [-0.4, -0.2) is 22.9 Å². The number of hydrogen-bond acceptors (Lipinski definition) is 2. The van der Waals surface area contributed by atoms with Crippen LogP contribution in [0.4, 0.5) is 0 Å². The van der Waals surface area contributed by atoms with Gasteiger partial charge >= 0.3 is 0 Å². The molecule has 0 spiro atoms. The molecule has 2 atom stereocenters. The Balaban J connectivity index is 2.05. The number of fused-ring (bicyclic) bond motifs is 2. The van der Waals surface area contributed by atoms with Gasteiger partial charge < -0.3 is 10.6 Å². The van der Waals surface area contributed by atoms with E-state index in [2.05, 4.69) is 18.4 Å². The fourth-order valence-corrected chi connectivity index (χ4v) is 3.51. The number of piperidine rings is 1. The summed E-state index contributed by atoms with van der Waals surface area (Å²) in [5, 5.41) is 0. The van der Waals surface area contributed by atoms with Crippen molar-refractivity contribution in [3.05, 3.63) is 36.1 Å². The van der Waals surface area contributed by atoms with Gasteiger partial charge in [0.25, 0.3) is 0 Å². The lowest BCUT2D eigenvalue weighted by molar-refractivity contribution is -0.114. The first-order valence-electron chi connectivity index (χ1n) is 7.14. The summed E-state index contributed by atoms with van der Waals surface area (Å²) < 4.78 is 0. The van der Waals surface area contributed by atoms with E-state index < -0.39 is 0 Å². The van der Waals surface area contributed by atoms with Crippen LogP contribution in [0.2, 0.25) is 0 Å². The van der Waals surface area contributed by atoms with Crippen LogP contribution in [0.3, 0.4) is 0 Å². The summed E-state index contributed by atoms with van der Waals surface area (Å²) in [6.45, 7) is 8.33. The van der Waals surface area contributed by atoms with Crippen molar-refractivity contribution in [1.82, 2.24) is 4.90 Å². The number of nitrogens with zero attached hydrogens (tertiary/aromatic N) is 1. The molecule has 2 unspecified atom stereocenters. The fourth-order valence-electron chi connectivity index (χ4n) is 3.51. The lowest BCUT2D eigenvalue weighted by atomic mass is 9.92. The Morgan fingerprint density at radius 3 is 2.32 bits per heavy atom. The van der Waals surface area contributed by atoms with Gasteiger partial charge in [-0.25, -0.2) is 0 Å². The molecular weight excluding hydrogens is 236 g/mol. The molecule has 0 aromatic carbocycles. The monoisotopic (exact) mass is 260 g/mol. The molecule has 0 saturated carbocycles. The zero-order valence-electron chi connectivity index (χ0n) is 11.9. The molecule has 19 heavy (non-hydrogen) atoms. The lowest BCUT2D eigenvalue weighted by Crippen LogP contribution is -2.40. The van der Waals surface area contributed by atoms with Gasteiger partial charge in [0.2, 0.25) is 5.91 Å². The van der Waals surface area contributed by atoms with Crippen LogP contribution in [0.5, 0.6) is 0 Å². The molecular formula is C16H24N2O. The van der Waals surface area contributed by atoms with Crippen molar-refractivity contribution in [1.29, 1.82) is 0 Å². The van der Waals surface area contributed by atoms with E-state index >= 15 is 0 Å². The van der Waals surface area contributed by atoms with E-state index in [0.29, 0.717) is 17.7 Å². The van der Waals surface area contributed by atoms with E-state index in [1.165, 1.54) is 25.7 Å². The van der Waals surface area contributed by atoms with Crippen molar-refractivity contribution in [2.75, 3.05) is 0 Å². The summed E-state index contributed by atoms with van der Waals surface area (Å²) in [5.41, 5.74) is 6.85. The zero-order chi connectivity index (χ0) is 14.0. The highest BCUT2D eigenvalue weighted by Gasteiger charge is 2.39. The minimum Gasteiger partial charge on any atom is -0.366 e. The van der Waals surface area contributed by atoms with Crippen LogP contribution >= 0.6 is 0 Å². The van der Waals surface area contributed by atoms with Crippen LogP contribution < -0.4 is 5.73 Å². The van der Waals surface area contributed by atoms with Gasteiger partial charge in [-0.05, 0) is 50.7 Å². The van der Waals surface area contributed by atoms with E-state index in [4.69, 9.17) is 5.73 Å². The number of carbonyl (C=O) groups excluding carboxylic acids is 1. The molecule has 2 bridgehead atoms. The molecule has 3 nitrogen and oxygen atoms in total. The first-order chi connectivity index (χ1) is 9.02. The minimum atomic E-state index is -0.387. The van der Waals surface area contributed by atoms with Crippen molar-refractivity contribution in [3.63, 3.8) is 0 Å². The Kier molecular flexibility index (Phi) is 4.13. The van der Waals surface area contributed by atoms with Gasteiger partial charge in [0.1, 0.15) is 0 Å². The molecule has 2 N–H and O–H groups in total. The molecule has 0 aromatic rings. The first kappa shape index (κ1) is 13.9.